The van der Waals surface area contributed by atoms with Crippen molar-refractivity contribution in [1.29, 1.82) is 0 Å². The Morgan fingerprint density at radius 2 is 1.94 bits per heavy atom. The van der Waals surface area contributed by atoms with Crippen molar-refractivity contribution < 1.29 is 4.39 Å². The number of hydrogen-bond acceptors (Lipinski definition) is 3. The van der Waals surface area contributed by atoms with Gasteiger partial charge in [0.1, 0.15) is 5.82 Å². The van der Waals surface area contributed by atoms with Gasteiger partial charge in [0, 0.05) is 42.3 Å². The normalized spacial score (nSPS) is 18.6. The van der Waals surface area contributed by atoms with Gasteiger partial charge in [-0.2, -0.15) is 0 Å². The molecule has 1 aromatic carbocycles. The van der Waals surface area contributed by atoms with Crippen LogP contribution in [0, 0.1) is 5.82 Å². The molecule has 0 unspecified atom stereocenters. The second-order valence-corrected chi connectivity index (χ2v) is 6.14. The zero-order valence-electron chi connectivity index (χ0n) is 10.5. The lowest BCUT2D eigenvalue weighted by Crippen LogP contribution is -2.43. The summed E-state index contributed by atoms with van der Waals surface area (Å²) in [5.74, 6) is -0.147. The topological polar surface area (TPSA) is 6.48 Å². The van der Waals surface area contributed by atoms with Gasteiger partial charge in [-0.3, -0.25) is 4.90 Å². The minimum atomic E-state index is -0.147. The maximum absolute atomic E-state index is 13.1. The van der Waals surface area contributed by atoms with E-state index in [0.29, 0.717) is 0 Å². The molecule has 18 heavy (non-hydrogen) atoms. The second kappa shape index (κ2) is 4.96. The molecule has 4 heteroatoms. The first-order valence-corrected chi connectivity index (χ1v) is 7.11. The largest absolute Gasteiger partial charge is 0.304 e. The van der Waals surface area contributed by atoms with E-state index in [1.807, 2.05) is 6.07 Å². The number of fused-ring (bicyclic) bond motifs is 1. The molecule has 96 valence electrons. The van der Waals surface area contributed by atoms with E-state index in [2.05, 4.69) is 22.9 Å². The van der Waals surface area contributed by atoms with E-state index in [9.17, 15) is 4.39 Å². The highest BCUT2D eigenvalue weighted by Gasteiger charge is 2.14. The number of halogens is 1. The molecule has 0 amide bonds. The minimum Gasteiger partial charge on any atom is -0.304 e. The van der Waals surface area contributed by atoms with E-state index in [-0.39, 0.29) is 5.82 Å². The average Bonchev–Trinajstić information content (AvgIpc) is 2.73. The van der Waals surface area contributed by atoms with E-state index in [4.69, 9.17) is 0 Å². The highest BCUT2D eigenvalue weighted by atomic mass is 32.1. The number of piperazine rings is 1. The molecule has 1 fully saturated rings. The van der Waals surface area contributed by atoms with Crippen LogP contribution in [0.1, 0.15) is 4.88 Å². The molecule has 2 aromatic rings. The quantitative estimate of drug-likeness (QED) is 0.823. The predicted octanol–water partition coefficient (Wildman–Crippen LogP) is 2.79. The molecule has 1 aliphatic heterocycles. The Hall–Kier alpha value is -0.970. The van der Waals surface area contributed by atoms with Gasteiger partial charge < -0.3 is 4.90 Å². The summed E-state index contributed by atoms with van der Waals surface area (Å²) < 4.78 is 14.3. The first-order valence-electron chi connectivity index (χ1n) is 6.29. The van der Waals surface area contributed by atoms with Crippen LogP contribution in [0.5, 0.6) is 0 Å². The lowest BCUT2D eigenvalue weighted by molar-refractivity contribution is 0.149. The Balaban J connectivity index is 1.74. The first-order chi connectivity index (χ1) is 8.70. The molecule has 0 spiro atoms. The third-order valence-electron chi connectivity index (χ3n) is 3.50. The smallest absolute Gasteiger partial charge is 0.123 e. The van der Waals surface area contributed by atoms with E-state index < -0.39 is 0 Å². The summed E-state index contributed by atoms with van der Waals surface area (Å²) in [7, 11) is 2.17. The van der Waals surface area contributed by atoms with Gasteiger partial charge in [0.2, 0.25) is 0 Å². The number of thiophene rings is 1. The zero-order valence-corrected chi connectivity index (χ0v) is 11.3. The Morgan fingerprint density at radius 1 is 1.17 bits per heavy atom. The summed E-state index contributed by atoms with van der Waals surface area (Å²) in [5.41, 5.74) is 0. The summed E-state index contributed by atoms with van der Waals surface area (Å²) in [4.78, 5) is 6.16. The van der Waals surface area contributed by atoms with Crippen LogP contribution in [0.15, 0.2) is 24.3 Å². The Kier molecular flexibility index (Phi) is 3.33. The monoisotopic (exact) mass is 264 g/mol. The van der Waals surface area contributed by atoms with Crippen molar-refractivity contribution in [3.8, 4) is 0 Å². The molecule has 2 heterocycles. The van der Waals surface area contributed by atoms with Crippen molar-refractivity contribution in [3.05, 3.63) is 35.0 Å². The number of rotatable bonds is 2. The van der Waals surface area contributed by atoms with E-state index >= 15 is 0 Å². The van der Waals surface area contributed by atoms with Crippen molar-refractivity contribution in [2.24, 2.45) is 0 Å². The van der Waals surface area contributed by atoms with Gasteiger partial charge in [-0.15, -0.1) is 11.3 Å². The highest BCUT2D eigenvalue weighted by Crippen LogP contribution is 2.27. The van der Waals surface area contributed by atoms with Crippen LogP contribution >= 0.6 is 11.3 Å². The SMILES string of the molecule is CN1CCN(Cc2cc3cc(F)ccc3s2)CC1. The van der Waals surface area contributed by atoms with E-state index in [1.54, 1.807) is 23.5 Å². The van der Waals surface area contributed by atoms with Crippen molar-refractivity contribution in [2.45, 2.75) is 6.54 Å². The molecule has 1 aliphatic rings. The molecular formula is C14H17FN2S. The van der Waals surface area contributed by atoms with Crippen molar-refractivity contribution in [1.82, 2.24) is 9.80 Å². The van der Waals surface area contributed by atoms with Gasteiger partial charge in [-0.1, -0.05) is 0 Å². The number of likely N-dealkylation sites (N-methyl/N-ethyl adjacent to an activating group) is 1. The van der Waals surface area contributed by atoms with Gasteiger partial charge in [0.25, 0.3) is 0 Å². The molecule has 0 N–H and O–H groups in total. The van der Waals surface area contributed by atoms with Crippen LogP contribution < -0.4 is 0 Å². The molecule has 1 saturated heterocycles. The van der Waals surface area contributed by atoms with Crippen LogP contribution in [0.2, 0.25) is 0 Å². The van der Waals surface area contributed by atoms with Gasteiger partial charge in [-0.05, 0) is 36.7 Å². The maximum Gasteiger partial charge on any atom is 0.123 e. The van der Waals surface area contributed by atoms with Gasteiger partial charge in [0.05, 0.1) is 0 Å². The summed E-state index contributed by atoms with van der Waals surface area (Å²) in [6, 6.07) is 7.17. The summed E-state index contributed by atoms with van der Waals surface area (Å²) in [5, 5.41) is 1.03. The molecule has 0 bridgehead atoms. The Morgan fingerprint density at radius 3 is 2.72 bits per heavy atom. The number of nitrogens with zero attached hydrogens (tertiary/aromatic N) is 2. The molecule has 2 nitrogen and oxygen atoms in total. The fraction of sp³-hybridized carbons (Fsp3) is 0.429. The molecule has 1 aromatic heterocycles. The highest BCUT2D eigenvalue weighted by molar-refractivity contribution is 7.19. The van der Waals surface area contributed by atoms with E-state index in [1.165, 1.54) is 9.58 Å². The summed E-state index contributed by atoms with van der Waals surface area (Å²) >= 11 is 1.78. The first kappa shape index (κ1) is 12.1. The van der Waals surface area contributed by atoms with Gasteiger partial charge in [0.15, 0.2) is 0 Å². The lowest BCUT2D eigenvalue weighted by Gasteiger charge is -2.31. The van der Waals surface area contributed by atoms with Gasteiger partial charge in [-0.25, -0.2) is 4.39 Å². The molecule has 0 radical (unpaired) electrons. The maximum atomic E-state index is 13.1. The third kappa shape index (κ3) is 2.55. The Bertz CT molecular complexity index is 544. The fourth-order valence-electron chi connectivity index (χ4n) is 2.37. The van der Waals surface area contributed by atoms with E-state index in [0.717, 1.165) is 38.1 Å². The van der Waals surface area contributed by atoms with Gasteiger partial charge >= 0.3 is 0 Å². The lowest BCUT2D eigenvalue weighted by atomic mass is 10.2. The van der Waals surface area contributed by atoms with Crippen LogP contribution in [0.4, 0.5) is 4.39 Å². The molecule has 0 aliphatic carbocycles. The zero-order chi connectivity index (χ0) is 12.5. The molecule has 0 saturated carbocycles. The molecule has 0 atom stereocenters. The predicted molar refractivity (Wildman–Crippen MR) is 74.6 cm³/mol. The standard InChI is InChI=1S/C14H17FN2S/c1-16-4-6-17(7-5-16)10-13-9-11-8-12(15)2-3-14(11)18-13/h2-3,8-9H,4-7,10H2,1H3. The van der Waals surface area contributed by atoms with Crippen LogP contribution in [-0.4, -0.2) is 43.0 Å². The van der Waals surface area contributed by atoms with Crippen molar-refractivity contribution in [3.63, 3.8) is 0 Å². The fourth-order valence-corrected chi connectivity index (χ4v) is 3.46. The molecular weight excluding hydrogens is 247 g/mol. The Labute approximate surface area is 111 Å². The average molecular weight is 264 g/mol. The van der Waals surface area contributed by atoms with Crippen molar-refractivity contribution in [2.75, 3.05) is 33.2 Å². The van der Waals surface area contributed by atoms with Crippen molar-refractivity contribution >= 4 is 21.4 Å². The third-order valence-corrected chi connectivity index (χ3v) is 4.61. The number of hydrogen-bond donors (Lipinski definition) is 0. The number of benzene rings is 1. The van der Waals surface area contributed by atoms with Crippen LogP contribution in [0.3, 0.4) is 0 Å². The second-order valence-electron chi connectivity index (χ2n) is 4.97. The summed E-state index contributed by atoms with van der Waals surface area (Å²) in [6.45, 7) is 5.52. The summed E-state index contributed by atoms with van der Waals surface area (Å²) in [6.07, 6.45) is 0. The van der Waals surface area contributed by atoms with Crippen LogP contribution in [0.25, 0.3) is 10.1 Å². The molecule has 3 rings (SSSR count). The minimum absolute atomic E-state index is 0.147. The van der Waals surface area contributed by atoms with Crippen LogP contribution in [-0.2, 0) is 6.54 Å².